The van der Waals surface area contributed by atoms with Crippen molar-refractivity contribution >= 4 is 21.7 Å². The fraction of sp³-hybridized carbons (Fsp3) is 0.143. The minimum atomic E-state index is -3.78. The zero-order chi connectivity index (χ0) is 11.8. The van der Waals surface area contributed by atoms with Crippen LogP contribution < -0.4 is 10.5 Å². The van der Waals surface area contributed by atoms with Crippen LogP contribution in [0.1, 0.15) is 5.76 Å². The third-order valence-electron chi connectivity index (χ3n) is 1.79. The number of hydrogen-bond acceptors (Lipinski definition) is 6. The summed E-state index contributed by atoms with van der Waals surface area (Å²) in [7, 11) is -3.78. The molecule has 2 aromatic heterocycles. The molecule has 0 atom stereocenters. The summed E-state index contributed by atoms with van der Waals surface area (Å²) in [5.74, 6) is 0.559. The van der Waals surface area contributed by atoms with Crippen LogP contribution in [0.15, 0.2) is 21.7 Å². The Balaban J connectivity index is 2.31. The van der Waals surface area contributed by atoms with Gasteiger partial charge in [0, 0.05) is 6.07 Å². The quantitative estimate of drug-likeness (QED) is 0.701. The van der Waals surface area contributed by atoms with Crippen molar-refractivity contribution in [1.29, 1.82) is 0 Å². The molecule has 0 aliphatic rings. The number of aryl methyl sites for hydroxylation is 1. The van der Waals surface area contributed by atoms with E-state index in [1.54, 1.807) is 6.92 Å². The molecule has 0 aromatic carbocycles. The molecule has 0 aliphatic heterocycles. The van der Waals surface area contributed by atoms with Crippen LogP contribution in [0.25, 0.3) is 0 Å². The fourth-order valence-corrected chi connectivity index (χ4v) is 2.11. The highest BCUT2D eigenvalue weighted by atomic mass is 32.2. The summed E-state index contributed by atoms with van der Waals surface area (Å²) in [5, 5.41) is 9.36. The smallest absolute Gasteiger partial charge is 0.268 e. The van der Waals surface area contributed by atoms with E-state index in [-0.39, 0.29) is 16.5 Å². The molecule has 2 aromatic rings. The maximum Gasteiger partial charge on any atom is 0.268 e. The number of aromatic amines is 1. The molecule has 2 heterocycles. The first-order valence-electron chi connectivity index (χ1n) is 4.24. The van der Waals surface area contributed by atoms with Gasteiger partial charge in [0.15, 0.2) is 5.82 Å². The van der Waals surface area contributed by atoms with Gasteiger partial charge in [0.25, 0.3) is 10.0 Å². The summed E-state index contributed by atoms with van der Waals surface area (Å²) in [6, 6.07) is 1.45. The Morgan fingerprint density at radius 2 is 2.31 bits per heavy atom. The lowest BCUT2D eigenvalue weighted by atomic mass is 10.5. The van der Waals surface area contributed by atoms with Gasteiger partial charge < -0.3 is 10.3 Å². The first kappa shape index (κ1) is 10.5. The molecule has 0 bridgehead atoms. The number of anilines is 2. The molecular weight excluding hydrogens is 234 g/mol. The van der Waals surface area contributed by atoms with Crippen molar-refractivity contribution in [3.63, 3.8) is 0 Å². The number of nitrogens with two attached hydrogens (primary N) is 1. The van der Waals surface area contributed by atoms with Gasteiger partial charge >= 0.3 is 0 Å². The average molecular weight is 243 g/mol. The van der Waals surface area contributed by atoms with E-state index in [0.717, 1.165) is 6.20 Å². The fourth-order valence-electron chi connectivity index (χ4n) is 1.11. The van der Waals surface area contributed by atoms with Gasteiger partial charge in [0.2, 0.25) is 0 Å². The van der Waals surface area contributed by atoms with E-state index in [1.807, 2.05) is 0 Å². The second-order valence-corrected chi connectivity index (χ2v) is 4.73. The molecule has 2 rings (SSSR count). The highest BCUT2D eigenvalue weighted by molar-refractivity contribution is 7.92. The maximum absolute atomic E-state index is 11.8. The molecule has 8 nitrogen and oxygen atoms in total. The summed E-state index contributed by atoms with van der Waals surface area (Å²) in [4.78, 5) is -0.131. The molecule has 0 spiro atoms. The molecule has 86 valence electrons. The van der Waals surface area contributed by atoms with Crippen molar-refractivity contribution in [3.8, 4) is 0 Å². The second kappa shape index (κ2) is 3.52. The maximum atomic E-state index is 11.8. The van der Waals surface area contributed by atoms with Crippen LogP contribution in [0, 0.1) is 6.92 Å². The summed E-state index contributed by atoms with van der Waals surface area (Å²) >= 11 is 0. The number of nitrogens with zero attached hydrogens (tertiary/aromatic N) is 2. The van der Waals surface area contributed by atoms with E-state index < -0.39 is 10.0 Å². The third-order valence-corrected chi connectivity index (χ3v) is 3.17. The van der Waals surface area contributed by atoms with E-state index >= 15 is 0 Å². The van der Waals surface area contributed by atoms with Gasteiger partial charge in [-0.15, -0.1) is 0 Å². The second-order valence-electron chi connectivity index (χ2n) is 3.08. The first-order chi connectivity index (χ1) is 7.49. The minimum absolute atomic E-state index is 0.0345. The number of sulfonamides is 1. The van der Waals surface area contributed by atoms with E-state index in [1.165, 1.54) is 6.07 Å². The number of hydrogen-bond donors (Lipinski definition) is 3. The van der Waals surface area contributed by atoms with Gasteiger partial charge in [-0.3, -0.25) is 9.82 Å². The monoisotopic (exact) mass is 243 g/mol. The Kier molecular flexibility index (Phi) is 2.31. The van der Waals surface area contributed by atoms with E-state index in [0.29, 0.717) is 5.76 Å². The number of rotatable bonds is 3. The van der Waals surface area contributed by atoms with E-state index in [9.17, 15) is 8.42 Å². The standard InChI is InChI=1S/C7H9N5O3S/c1-4-2-6(11-15-4)12-16(13,14)5-3-9-10-7(5)8/h2-3H,1H3,(H,11,12)(H3,8,9,10). The lowest BCUT2D eigenvalue weighted by molar-refractivity contribution is 0.400. The Bertz CT molecular complexity index is 599. The zero-order valence-corrected chi connectivity index (χ0v) is 9.08. The predicted molar refractivity (Wildman–Crippen MR) is 55.0 cm³/mol. The lowest BCUT2D eigenvalue weighted by Crippen LogP contribution is -2.14. The van der Waals surface area contributed by atoms with Crippen LogP contribution in [0.2, 0.25) is 0 Å². The number of aromatic nitrogens is 3. The van der Waals surface area contributed by atoms with Gasteiger partial charge in [-0.05, 0) is 6.92 Å². The van der Waals surface area contributed by atoms with Crippen molar-refractivity contribution in [2.24, 2.45) is 0 Å². The van der Waals surface area contributed by atoms with Crippen LogP contribution in [-0.2, 0) is 10.0 Å². The molecule has 0 fully saturated rings. The van der Waals surface area contributed by atoms with Crippen LogP contribution in [0.4, 0.5) is 11.6 Å². The molecule has 16 heavy (non-hydrogen) atoms. The summed E-state index contributed by atoms with van der Waals surface area (Å²) in [6.45, 7) is 1.65. The Morgan fingerprint density at radius 3 is 2.81 bits per heavy atom. The summed E-state index contributed by atoms with van der Waals surface area (Å²) < 4.78 is 30.5. The van der Waals surface area contributed by atoms with Crippen LogP contribution in [0.5, 0.6) is 0 Å². The van der Waals surface area contributed by atoms with Crippen LogP contribution in [0.3, 0.4) is 0 Å². The molecular formula is C7H9N5O3S. The molecule has 9 heteroatoms. The topological polar surface area (TPSA) is 127 Å². The Morgan fingerprint density at radius 1 is 1.56 bits per heavy atom. The lowest BCUT2D eigenvalue weighted by Gasteiger charge is -2.02. The van der Waals surface area contributed by atoms with Gasteiger partial charge in [-0.2, -0.15) is 5.10 Å². The van der Waals surface area contributed by atoms with E-state index in [4.69, 9.17) is 10.3 Å². The Labute approximate surface area is 90.9 Å². The highest BCUT2D eigenvalue weighted by Crippen LogP contribution is 2.18. The first-order valence-corrected chi connectivity index (χ1v) is 5.72. The summed E-state index contributed by atoms with van der Waals surface area (Å²) in [5.41, 5.74) is 5.40. The van der Waals surface area contributed by atoms with Crippen LogP contribution >= 0.6 is 0 Å². The molecule has 4 N–H and O–H groups in total. The van der Waals surface area contributed by atoms with Gasteiger partial charge in [-0.25, -0.2) is 8.42 Å². The van der Waals surface area contributed by atoms with E-state index in [2.05, 4.69) is 20.1 Å². The van der Waals surface area contributed by atoms with Gasteiger partial charge in [0.1, 0.15) is 16.5 Å². The van der Waals surface area contributed by atoms with Crippen molar-refractivity contribution in [3.05, 3.63) is 18.0 Å². The normalized spacial score (nSPS) is 11.6. The van der Waals surface area contributed by atoms with Crippen LogP contribution in [-0.4, -0.2) is 23.8 Å². The molecule has 0 unspecified atom stereocenters. The number of nitrogens with one attached hydrogen (secondary N) is 2. The minimum Gasteiger partial charge on any atom is -0.383 e. The molecule has 0 aliphatic carbocycles. The summed E-state index contributed by atoms with van der Waals surface area (Å²) in [6.07, 6.45) is 1.12. The SMILES string of the molecule is Cc1cc(NS(=O)(=O)c2cn[nH]c2N)no1. The van der Waals surface area contributed by atoms with Gasteiger partial charge in [-0.1, -0.05) is 5.16 Å². The zero-order valence-electron chi connectivity index (χ0n) is 8.26. The van der Waals surface area contributed by atoms with Crippen molar-refractivity contribution in [2.75, 3.05) is 10.5 Å². The van der Waals surface area contributed by atoms with Crippen molar-refractivity contribution < 1.29 is 12.9 Å². The molecule has 0 saturated carbocycles. The molecule has 0 radical (unpaired) electrons. The molecule has 0 saturated heterocycles. The van der Waals surface area contributed by atoms with Gasteiger partial charge in [0.05, 0.1) is 6.20 Å². The largest absolute Gasteiger partial charge is 0.383 e. The highest BCUT2D eigenvalue weighted by Gasteiger charge is 2.20. The molecule has 0 amide bonds. The third kappa shape index (κ3) is 1.84. The predicted octanol–water partition coefficient (Wildman–Crippen LogP) is 0.0891. The van der Waals surface area contributed by atoms with Crippen molar-refractivity contribution in [2.45, 2.75) is 11.8 Å². The number of nitrogen functional groups attached to an aromatic ring is 1. The number of H-pyrrole nitrogens is 1. The van der Waals surface area contributed by atoms with Crippen molar-refractivity contribution in [1.82, 2.24) is 15.4 Å². The Hall–Kier alpha value is -2.03. The average Bonchev–Trinajstić information content (AvgIpc) is 2.74.